The van der Waals surface area contributed by atoms with E-state index in [1.165, 1.54) is 25.2 Å². The van der Waals surface area contributed by atoms with Crippen LogP contribution in [0, 0.1) is 0 Å². The molecule has 0 aliphatic heterocycles. The number of aryl methyl sites for hydroxylation is 1. The van der Waals surface area contributed by atoms with Crippen LogP contribution in [0.4, 0.5) is 13.2 Å². The third-order valence-electron chi connectivity index (χ3n) is 4.16. The Labute approximate surface area is 183 Å². The number of hydrogen-bond acceptors (Lipinski definition) is 6. The molecule has 0 aliphatic carbocycles. The highest BCUT2D eigenvalue weighted by atomic mass is 79.9. The summed E-state index contributed by atoms with van der Waals surface area (Å²) in [6.45, 7) is 1.77. The van der Waals surface area contributed by atoms with Gasteiger partial charge in [0.15, 0.2) is 0 Å². The van der Waals surface area contributed by atoms with Gasteiger partial charge in [0.25, 0.3) is 0 Å². The number of rotatable bonds is 7. The van der Waals surface area contributed by atoms with Crippen LogP contribution < -0.4 is 10.4 Å². The lowest BCUT2D eigenvalue weighted by atomic mass is 10.1. The molecule has 0 unspecified atom stereocenters. The van der Waals surface area contributed by atoms with E-state index in [2.05, 4.69) is 36.2 Å². The van der Waals surface area contributed by atoms with Gasteiger partial charge in [0, 0.05) is 22.6 Å². The monoisotopic (exact) mass is 499 g/mol. The SMILES string of the molecule is CCC(=NOCc1c(Br)cccc1-n1nnn(C)c1=O)c1cccc(OC(F)(F)F)c1. The molecule has 0 spiro atoms. The lowest BCUT2D eigenvalue weighted by Gasteiger charge is -2.12. The molecule has 0 bridgehead atoms. The van der Waals surface area contributed by atoms with Crippen LogP contribution in [0.3, 0.4) is 0 Å². The van der Waals surface area contributed by atoms with Gasteiger partial charge in [-0.05, 0) is 41.1 Å². The zero-order valence-corrected chi connectivity index (χ0v) is 18.0. The van der Waals surface area contributed by atoms with Gasteiger partial charge < -0.3 is 9.57 Å². The van der Waals surface area contributed by atoms with Crippen molar-refractivity contribution < 1.29 is 22.7 Å². The molecule has 0 saturated carbocycles. The Morgan fingerprint density at radius 2 is 1.94 bits per heavy atom. The fourth-order valence-corrected chi connectivity index (χ4v) is 3.19. The number of halogens is 4. The van der Waals surface area contributed by atoms with Crippen LogP contribution in [0.25, 0.3) is 5.69 Å². The second-order valence-electron chi connectivity index (χ2n) is 6.27. The molecule has 164 valence electrons. The number of tetrazole rings is 1. The molecule has 0 N–H and O–H groups in total. The van der Waals surface area contributed by atoms with Crippen LogP contribution in [-0.4, -0.2) is 31.9 Å². The highest BCUT2D eigenvalue weighted by Crippen LogP contribution is 2.25. The van der Waals surface area contributed by atoms with Crippen molar-refractivity contribution in [1.82, 2.24) is 19.8 Å². The standard InChI is InChI=1S/C19H17BrF3N5O3/c1-3-16(12-6-4-7-13(10-12)31-19(21,22)23)24-30-11-14-15(20)8-5-9-17(14)28-18(29)27(2)25-26-28/h4-10H,3,11H2,1-2H3. The normalized spacial score (nSPS) is 12.1. The molecule has 0 fully saturated rings. The lowest BCUT2D eigenvalue weighted by Crippen LogP contribution is -2.23. The van der Waals surface area contributed by atoms with Gasteiger partial charge in [-0.1, -0.05) is 46.2 Å². The minimum absolute atomic E-state index is 0.0258. The van der Waals surface area contributed by atoms with Gasteiger partial charge in [-0.15, -0.1) is 13.2 Å². The highest BCUT2D eigenvalue weighted by Gasteiger charge is 2.31. The van der Waals surface area contributed by atoms with Crippen molar-refractivity contribution in [2.45, 2.75) is 26.3 Å². The van der Waals surface area contributed by atoms with Crippen LogP contribution in [0.5, 0.6) is 5.75 Å². The van der Waals surface area contributed by atoms with E-state index in [0.29, 0.717) is 33.4 Å². The van der Waals surface area contributed by atoms with Crippen molar-refractivity contribution in [3.63, 3.8) is 0 Å². The zero-order valence-electron chi connectivity index (χ0n) is 16.4. The Bertz CT molecular complexity index is 1160. The van der Waals surface area contributed by atoms with Crippen LogP contribution >= 0.6 is 15.9 Å². The molecule has 3 rings (SSSR count). The minimum atomic E-state index is -4.78. The fraction of sp³-hybridized carbons (Fsp3) is 0.263. The third kappa shape index (κ3) is 5.51. The van der Waals surface area contributed by atoms with E-state index in [1.54, 1.807) is 31.2 Å². The van der Waals surface area contributed by atoms with Crippen molar-refractivity contribution in [3.05, 3.63) is 68.5 Å². The minimum Gasteiger partial charge on any atom is -0.406 e. The topological polar surface area (TPSA) is 83.5 Å². The van der Waals surface area contributed by atoms with Crippen LogP contribution in [0.2, 0.25) is 0 Å². The smallest absolute Gasteiger partial charge is 0.406 e. The average Bonchev–Trinajstić information content (AvgIpc) is 3.03. The molecule has 0 atom stereocenters. The first-order chi connectivity index (χ1) is 14.7. The summed E-state index contributed by atoms with van der Waals surface area (Å²) in [5, 5.41) is 11.6. The van der Waals surface area contributed by atoms with Crippen molar-refractivity contribution in [1.29, 1.82) is 0 Å². The summed E-state index contributed by atoms with van der Waals surface area (Å²) in [5.41, 5.74) is 1.48. The number of hydrogen-bond donors (Lipinski definition) is 0. The molecule has 0 saturated heterocycles. The predicted molar refractivity (Wildman–Crippen MR) is 109 cm³/mol. The number of ether oxygens (including phenoxy) is 1. The number of nitrogens with zero attached hydrogens (tertiary/aromatic N) is 5. The van der Waals surface area contributed by atoms with Gasteiger partial charge in [0.1, 0.15) is 12.4 Å². The molecule has 0 amide bonds. The van der Waals surface area contributed by atoms with Crippen molar-refractivity contribution >= 4 is 21.6 Å². The molecule has 8 nitrogen and oxygen atoms in total. The summed E-state index contributed by atoms with van der Waals surface area (Å²) < 4.78 is 44.3. The molecule has 31 heavy (non-hydrogen) atoms. The van der Waals surface area contributed by atoms with Gasteiger partial charge in [0.2, 0.25) is 0 Å². The summed E-state index contributed by atoms with van der Waals surface area (Å²) in [6.07, 6.45) is -4.38. The fourth-order valence-electron chi connectivity index (χ4n) is 2.72. The molecule has 1 aromatic heterocycles. The lowest BCUT2D eigenvalue weighted by molar-refractivity contribution is -0.274. The number of oxime groups is 1. The maximum absolute atomic E-state index is 12.5. The van der Waals surface area contributed by atoms with Crippen molar-refractivity contribution in [3.8, 4) is 11.4 Å². The van der Waals surface area contributed by atoms with Crippen LogP contribution in [0.1, 0.15) is 24.5 Å². The van der Waals surface area contributed by atoms with Crippen molar-refractivity contribution in [2.24, 2.45) is 12.2 Å². The van der Waals surface area contributed by atoms with E-state index in [9.17, 15) is 18.0 Å². The molecular weight excluding hydrogens is 483 g/mol. The predicted octanol–water partition coefficient (Wildman–Crippen LogP) is 3.96. The second kappa shape index (κ2) is 9.33. The van der Waals surface area contributed by atoms with Crippen LogP contribution in [-0.2, 0) is 18.5 Å². The van der Waals surface area contributed by atoms with Gasteiger partial charge in [-0.25, -0.2) is 4.79 Å². The number of aromatic nitrogens is 4. The summed E-state index contributed by atoms with van der Waals surface area (Å²) in [5.74, 6) is -0.346. The summed E-state index contributed by atoms with van der Waals surface area (Å²) >= 11 is 3.42. The van der Waals surface area contributed by atoms with E-state index < -0.39 is 12.1 Å². The first kappa shape index (κ1) is 22.5. The molecule has 1 heterocycles. The van der Waals surface area contributed by atoms with E-state index in [-0.39, 0.29) is 12.4 Å². The number of alkyl halides is 3. The van der Waals surface area contributed by atoms with Gasteiger partial charge in [-0.2, -0.15) is 9.36 Å². The van der Waals surface area contributed by atoms with Crippen LogP contribution in [0.15, 0.2) is 56.9 Å². The van der Waals surface area contributed by atoms with Crippen molar-refractivity contribution in [2.75, 3.05) is 0 Å². The second-order valence-corrected chi connectivity index (χ2v) is 7.13. The molecule has 3 aromatic rings. The van der Waals surface area contributed by atoms with E-state index >= 15 is 0 Å². The Kier molecular flexibility index (Phi) is 6.78. The molecule has 2 aromatic carbocycles. The van der Waals surface area contributed by atoms with E-state index in [4.69, 9.17) is 4.84 Å². The molecule has 0 radical (unpaired) electrons. The average molecular weight is 500 g/mol. The molecule has 0 aliphatic rings. The van der Waals surface area contributed by atoms with Gasteiger partial charge in [0.05, 0.1) is 11.4 Å². The number of benzene rings is 2. The summed E-state index contributed by atoms with van der Waals surface area (Å²) in [6, 6.07) is 10.7. The quantitative estimate of drug-likeness (QED) is 0.363. The Morgan fingerprint density at radius 1 is 1.19 bits per heavy atom. The maximum atomic E-state index is 12.5. The zero-order chi connectivity index (χ0) is 22.6. The van der Waals surface area contributed by atoms with E-state index in [0.717, 1.165) is 9.36 Å². The maximum Gasteiger partial charge on any atom is 0.573 e. The third-order valence-corrected chi connectivity index (χ3v) is 4.91. The first-order valence-electron chi connectivity index (χ1n) is 9.01. The molecular formula is C19H17BrF3N5O3. The summed E-state index contributed by atoms with van der Waals surface area (Å²) in [4.78, 5) is 17.7. The Hall–Kier alpha value is -3.15. The summed E-state index contributed by atoms with van der Waals surface area (Å²) in [7, 11) is 1.48. The molecule has 12 heteroatoms. The first-order valence-corrected chi connectivity index (χ1v) is 9.80. The van der Waals surface area contributed by atoms with Gasteiger partial charge >= 0.3 is 12.1 Å². The Balaban J connectivity index is 1.84. The van der Waals surface area contributed by atoms with Gasteiger partial charge in [-0.3, -0.25) is 0 Å². The highest BCUT2D eigenvalue weighted by molar-refractivity contribution is 9.10. The Morgan fingerprint density at radius 3 is 2.58 bits per heavy atom. The largest absolute Gasteiger partial charge is 0.573 e. The van der Waals surface area contributed by atoms with E-state index in [1.807, 2.05) is 0 Å².